The molecule has 3 aliphatic carbocycles. The van der Waals surface area contributed by atoms with Crippen molar-refractivity contribution in [3.05, 3.63) is 29.8 Å². The summed E-state index contributed by atoms with van der Waals surface area (Å²) in [6, 6.07) is 0.571. The molecule has 0 aromatic heterocycles. The molecule has 16 unspecified atom stereocenters. The first-order valence-electron chi connectivity index (χ1n) is 42.7. The molecule has 5 aliphatic heterocycles. The van der Waals surface area contributed by atoms with Crippen molar-refractivity contribution in [3.63, 3.8) is 0 Å². The van der Waals surface area contributed by atoms with Crippen molar-refractivity contribution in [1.29, 1.82) is 0 Å². The fourth-order valence-corrected chi connectivity index (χ4v) is 18.4. The van der Waals surface area contributed by atoms with Gasteiger partial charge in [-0.1, -0.05) is 86.8 Å². The van der Waals surface area contributed by atoms with Gasteiger partial charge in [-0.25, -0.2) is 0 Å². The molecular weight excluding hydrogens is 1490 g/mol. The highest BCUT2D eigenvalue weighted by Crippen LogP contribution is 2.31. The number of carbonyl (C=O) groups excluding carboxylic acids is 14. The van der Waals surface area contributed by atoms with E-state index in [-0.39, 0.29) is 184 Å². The smallest absolute Gasteiger partial charge is 0.226 e. The van der Waals surface area contributed by atoms with Gasteiger partial charge in [0, 0.05) is 141 Å². The van der Waals surface area contributed by atoms with Gasteiger partial charge in [0.25, 0.3) is 0 Å². The summed E-state index contributed by atoms with van der Waals surface area (Å²) in [7, 11) is 0. The highest BCUT2D eigenvalue weighted by molar-refractivity contribution is 5.90. The summed E-state index contributed by atoms with van der Waals surface area (Å²) in [6.45, 7) is 20.1. The molecular formula is C82H133N19O15. The van der Waals surface area contributed by atoms with E-state index in [1.54, 1.807) is 12.1 Å². The topological polar surface area (TPSA) is 502 Å². The quantitative estimate of drug-likeness (QED) is 0.0329. The number of carbonyl (C=O) groups is 14. The summed E-state index contributed by atoms with van der Waals surface area (Å²) in [5.74, 6) is -10.8. The Bertz CT molecular complexity index is 3590. The lowest BCUT2D eigenvalue weighted by Crippen LogP contribution is -2.54. The van der Waals surface area contributed by atoms with Crippen molar-refractivity contribution in [1.82, 2.24) is 95.7 Å². The average Bonchev–Trinajstić information content (AvgIpc) is 1.68. The summed E-state index contributed by atoms with van der Waals surface area (Å²) in [5.41, 5.74) is 6.26. The molecule has 21 N–H and O–H groups in total. The number of hydrogen-bond acceptors (Lipinski definition) is 20. The summed E-state index contributed by atoms with van der Waals surface area (Å²) in [6.07, 6.45) is 7.16. The Labute approximate surface area is 681 Å². The first-order chi connectivity index (χ1) is 55.3. The standard InChI is InChI=1S/C82H133N19O15/c1-42(2)23-48(30-89-76(110)53-13-10-17-62(53)94-70(104)27-50(24-43(3)4)92-78(112)55-15-12-16-61(55)91-46(9)102)74(108)98-66-38-86-34-58(66)81(115)100-68-40-85-33-57(68)79(113)93-51(25-44(5)6)28-71(105)95-63-18-11-14-54(63)77(111)90-31-49(26-47-19-21-52(103)22-20-47)75(109)99-67-39-87-35-59(67)82(116)101-69-41-88-36-60(69)80(114)97-64(45(7)8)29-72(106)96-65-37-84-32-56(65)73(83)107/h19-22,42-45,48-51,53-69,84-88,103H,10-18,23-41H2,1-9H3,(H2,83,107)(H,89,110)(H,90,111)(H,91,102)(H,92,112)(H,93,113)(H,94,104)(H,95,105)(H,96,106)(H,97,114)(H,98,108)(H,99,109)(H,100,115)(H,101,116)/t48-,49+,50+,51+,53?,54?,55?,56?,57?,58?,59?,60?,61?,62?,63?,64-,65?,66?,67?,68?,69?/m1/s1. The molecule has 1 aromatic rings. The lowest BCUT2D eigenvalue weighted by molar-refractivity contribution is -0.132. The Morgan fingerprint density at radius 2 is 0.733 bits per heavy atom. The van der Waals surface area contributed by atoms with Crippen molar-refractivity contribution in [2.24, 2.45) is 88.6 Å². The van der Waals surface area contributed by atoms with E-state index in [2.05, 4.69) is 95.7 Å². The number of phenolic OH excluding ortho intramolecular Hbond substituents is 1. The largest absolute Gasteiger partial charge is 0.508 e. The van der Waals surface area contributed by atoms with E-state index < -0.39 is 125 Å². The lowest BCUT2D eigenvalue weighted by Gasteiger charge is -2.28. The van der Waals surface area contributed by atoms with E-state index in [1.165, 1.54) is 19.1 Å². The second-order valence-electron chi connectivity index (χ2n) is 35.7. The van der Waals surface area contributed by atoms with Gasteiger partial charge in [-0.15, -0.1) is 0 Å². The zero-order valence-corrected chi connectivity index (χ0v) is 69.3. The molecule has 646 valence electrons. The second-order valence-corrected chi connectivity index (χ2v) is 35.7. The van der Waals surface area contributed by atoms with Crippen molar-refractivity contribution in [3.8, 4) is 5.75 Å². The van der Waals surface area contributed by atoms with Crippen LogP contribution in [-0.4, -0.2) is 233 Å². The van der Waals surface area contributed by atoms with Gasteiger partial charge in [-0.2, -0.15) is 0 Å². The van der Waals surface area contributed by atoms with Crippen molar-refractivity contribution < 1.29 is 72.2 Å². The third-order valence-corrected chi connectivity index (χ3v) is 24.6. The predicted molar refractivity (Wildman–Crippen MR) is 432 cm³/mol. The van der Waals surface area contributed by atoms with Gasteiger partial charge in [0.1, 0.15) is 5.75 Å². The Morgan fingerprint density at radius 1 is 0.379 bits per heavy atom. The Morgan fingerprint density at radius 3 is 1.16 bits per heavy atom. The number of primary amides is 1. The lowest BCUT2D eigenvalue weighted by atomic mass is 9.93. The predicted octanol–water partition coefficient (Wildman–Crippen LogP) is -2.30. The number of nitrogens with one attached hydrogen (secondary N) is 18. The van der Waals surface area contributed by atoms with Crippen LogP contribution in [0.4, 0.5) is 0 Å². The fourth-order valence-electron chi connectivity index (χ4n) is 18.4. The van der Waals surface area contributed by atoms with Crippen LogP contribution in [-0.2, 0) is 73.5 Å². The molecule has 8 fully saturated rings. The van der Waals surface area contributed by atoms with Crippen LogP contribution < -0.4 is 101 Å². The Hall–Kier alpha value is -8.60. The number of rotatable bonds is 40. The van der Waals surface area contributed by atoms with Crippen LogP contribution in [0.2, 0.25) is 0 Å². The first-order valence-corrected chi connectivity index (χ1v) is 42.7. The van der Waals surface area contributed by atoms with E-state index >= 15 is 0 Å². The van der Waals surface area contributed by atoms with Crippen LogP contribution in [0.5, 0.6) is 5.75 Å². The van der Waals surface area contributed by atoms with E-state index in [0.717, 1.165) is 6.42 Å². The molecule has 9 rings (SSSR count). The maximum absolute atomic E-state index is 14.5. The van der Waals surface area contributed by atoms with E-state index in [1.807, 2.05) is 55.4 Å². The minimum absolute atomic E-state index is 0.0305. The first kappa shape index (κ1) is 91.3. The monoisotopic (exact) mass is 1620 g/mol. The summed E-state index contributed by atoms with van der Waals surface area (Å²) < 4.78 is 0. The molecule has 34 heteroatoms. The summed E-state index contributed by atoms with van der Waals surface area (Å²) in [4.78, 5) is 192. The maximum atomic E-state index is 14.5. The van der Waals surface area contributed by atoms with Crippen LogP contribution in [0.3, 0.4) is 0 Å². The molecule has 0 spiro atoms. The normalized spacial score (nSPS) is 28.2. The van der Waals surface area contributed by atoms with Crippen LogP contribution in [0.15, 0.2) is 24.3 Å². The molecule has 8 aliphatic rings. The molecule has 5 heterocycles. The third-order valence-electron chi connectivity index (χ3n) is 24.6. The molecule has 21 atom stereocenters. The molecule has 5 saturated heterocycles. The van der Waals surface area contributed by atoms with Gasteiger partial charge >= 0.3 is 0 Å². The van der Waals surface area contributed by atoms with E-state index in [0.29, 0.717) is 109 Å². The van der Waals surface area contributed by atoms with Crippen molar-refractivity contribution in [2.75, 3.05) is 78.5 Å². The minimum atomic E-state index is -0.844. The van der Waals surface area contributed by atoms with Gasteiger partial charge in [0.2, 0.25) is 82.7 Å². The van der Waals surface area contributed by atoms with Gasteiger partial charge in [-0.05, 0) is 106 Å². The van der Waals surface area contributed by atoms with E-state index in [4.69, 9.17) is 5.73 Å². The van der Waals surface area contributed by atoms with E-state index in [9.17, 15) is 72.2 Å². The number of phenols is 1. The summed E-state index contributed by atoms with van der Waals surface area (Å²) in [5, 5.41) is 65.7. The van der Waals surface area contributed by atoms with Crippen molar-refractivity contribution >= 4 is 82.7 Å². The fraction of sp³-hybridized carbons (Fsp3) is 0.756. The molecule has 0 bridgehead atoms. The zero-order valence-electron chi connectivity index (χ0n) is 69.3. The number of aromatic hydroxyl groups is 1. The molecule has 1 aromatic carbocycles. The highest BCUT2D eigenvalue weighted by atomic mass is 16.3. The van der Waals surface area contributed by atoms with Gasteiger partial charge in [-0.3, -0.25) is 67.1 Å². The minimum Gasteiger partial charge on any atom is -0.508 e. The Balaban J connectivity index is 0.729. The number of amides is 14. The van der Waals surface area contributed by atoms with Crippen molar-refractivity contribution in [2.45, 2.75) is 232 Å². The zero-order chi connectivity index (χ0) is 84.0. The van der Waals surface area contributed by atoms with Crippen LogP contribution >= 0.6 is 0 Å². The van der Waals surface area contributed by atoms with Gasteiger partial charge in [0.05, 0.1) is 89.4 Å². The highest BCUT2D eigenvalue weighted by Gasteiger charge is 2.46. The molecule has 0 radical (unpaired) electrons. The molecule has 34 nitrogen and oxygen atoms in total. The molecule has 14 amide bonds. The van der Waals surface area contributed by atoms with Gasteiger partial charge < -0.3 is 107 Å². The molecule has 116 heavy (non-hydrogen) atoms. The SMILES string of the molecule is CC(=O)NC1CCCC1C(=O)N[C@H](CC(=O)NC1CCCC1C(=O)NC[C@@H](CC(C)C)C(=O)NC1CNCC1C(=O)NC1CNCC1C(=O)N[C@H](CC(=O)NC1CCCC1C(=O)NC[C@H](Cc1ccc(O)cc1)C(=O)NC1CNCC1C(=O)NC1CNCC1C(=O)N[C@H](CC(=O)NC1CNCC1C(N)=O)C(C)C)CC(C)C)CC(C)C. The third kappa shape index (κ3) is 26.7. The Kier molecular flexibility index (Phi) is 34.4. The average molecular weight is 1630 g/mol. The number of nitrogens with two attached hydrogens (primary N) is 1. The summed E-state index contributed by atoms with van der Waals surface area (Å²) >= 11 is 0. The van der Waals surface area contributed by atoms with Crippen LogP contribution in [0.25, 0.3) is 0 Å². The molecule has 3 saturated carbocycles. The van der Waals surface area contributed by atoms with Crippen LogP contribution in [0.1, 0.15) is 164 Å². The maximum Gasteiger partial charge on any atom is 0.226 e. The number of hydrogen-bond donors (Lipinski definition) is 20. The van der Waals surface area contributed by atoms with Crippen LogP contribution in [0, 0.1) is 82.9 Å². The second kappa shape index (κ2) is 43.7. The number of benzene rings is 1. The van der Waals surface area contributed by atoms with Gasteiger partial charge in [0.15, 0.2) is 0 Å².